The topological polar surface area (TPSA) is 118 Å². The van der Waals surface area contributed by atoms with E-state index in [9.17, 15) is 18.0 Å². The second-order valence-corrected chi connectivity index (χ2v) is 7.01. The van der Waals surface area contributed by atoms with Crippen molar-refractivity contribution in [3.05, 3.63) is 58.6 Å². The van der Waals surface area contributed by atoms with Crippen LogP contribution in [0, 0.1) is 0 Å². The van der Waals surface area contributed by atoms with E-state index in [1.165, 1.54) is 31.3 Å². The van der Waals surface area contributed by atoms with E-state index in [1.807, 2.05) is 0 Å². The predicted octanol–water partition coefficient (Wildman–Crippen LogP) is 1.60. The first kappa shape index (κ1) is 17.9. The molecular formula is C15H14ClN3O4S. The van der Waals surface area contributed by atoms with Crippen molar-refractivity contribution in [2.45, 2.75) is 4.90 Å². The Kier molecular flexibility index (Phi) is 5.23. The van der Waals surface area contributed by atoms with Crippen LogP contribution in [0.4, 0.5) is 5.69 Å². The lowest BCUT2D eigenvalue weighted by atomic mass is 10.1. The van der Waals surface area contributed by atoms with Crippen molar-refractivity contribution in [2.75, 3.05) is 12.4 Å². The molecular weight excluding hydrogens is 354 g/mol. The minimum atomic E-state index is -3.73. The highest BCUT2D eigenvalue weighted by Gasteiger charge is 2.18. The second kappa shape index (κ2) is 7.00. The van der Waals surface area contributed by atoms with Crippen LogP contribution in [0.5, 0.6) is 0 Å². The Morgan fingerprint density at radius 3 is 2.38 bits per heavy atom. The maximum atomic E-state index is 12.4. The monoisotopic (exact) mass is 367 g/mol. The molecule has 126 valence electrons. The smallest absolute Gasteiger partial charge is 0.257 e. The Bertz CT molecular complexity index is 913. The van der Waals surface area contributed by atoms with Crippen molar-refractivity contribution < 1.29 is 18.0 Å². The Hall–Kier alpha value is -2.42. The first-order chi connectivity index (χ1) is 11.3. The van der Waals surface area contributed by atoms with Crippen LogP contribution in [0.2, 0.25) is 5.02 Å². The van der Waals surface area contributed by atoms with E-state index in [1.54, 1.807) is 12.1 Å². The first-order valence-electron chi connectivity index (χ1n) is 6.69. The molecule has 24 heavy (non-hydrogen) atoms. The van der Waals surface area contributed by atoms with E-state index in [2.05, 4.69) is 10.0 Å². The summed E-state index contributed by atoms with van der Waals surface area (Å²) in [4.78, 5) is 23.7. The summed E-state index contributed by atoms with van der Waals surface area (Å²) in [6.45, 7) is 0. The van der Waals surface area contributed by atoms with E-state index < -0.39 is 21.8 Å². The molecule has 0 saturated heterocycles. The Morgan fingerprint density at radius 1 is 1.08 bits per heavy atom. The third kappa shape index (κ3) is 3.73. The molecule has 0 aliphatic rings. The number of para-hydroxylation sites is 1. The van der Waals surface area contributed by atoms with Crippen LogP contribution in [-0.2, 0) is 10.0 Å². The van der Waals surface area contributed by atoms with Crippen molar-refractivity contribution in [2.24, 2.45) is 5.73 Å². The highest BCUT2D eigenvalue weighted by Crippen LogP contribution is 2.23. The minimum absolute atomic E-state index is 0.0488. The van der Waals surface area contributed by atoms with Gasteiger partial charge in [0.05, 0.1) is 26.7 Å². The van der Waals surface area contributed by atoms with E-state index in [4.69, 9.17) is 17.3 Å². The van der Waals surface area contributed by atoms with Gasteiger partial charge in [-0.25, -0.2) is 13.1 Å². The molecule has 0 bridgehead atoms. The summed E-state index contributed by atoms with van der Waals surface area (Å²) in [5.74, 6) is -1.37. The molecule has 0 atom stereocenters. The molecule has 0 saturated carbocycles. The summed E-state index contributed by atoms with van der Waals surface area (Å²) in [6.07, 6.45) is 0. The van der Waals surface area contributed by atoms with Crippen LogP contribution in [0.3, 0.4) is 0 Å². The van der Waals surface area contributed by atoms with Gasteiger partial charge in [-0.3, -0.25) is 9.59 Å². The highest BCUT2D eigenvalue weighted by atomic mass is 35.5. The number of hydrogen-bond donors (Lipinski definition) is 3. The van der Waals surface area contributed by atoms with Gasteiger partial charge < -0.3 is 11.1 Å². The fourth-order valence-corrected chi connectivity index (χ4v) is 2.92. The van der Waals surface area contributed by atoms with Gasteiger partial charge in [-0.15, -0.1) is 0 Å². The molecule has 2 rings (SSSR count). The number of halogens is 1. The molecule has 7 nitrogen and oxygen atoms in total. The van der Waals surface area contributed by atoms with Gasteiger partial charge in [-0.1, -0.05) is 23.7 Å². The number of nitrogens with one attached hydrogen (secondary N) is 2. The fourth-order valence-electron chi connectivity index (χ4n) is 1.96. The number of carbonyl (C=O) groups excluding carboxylic acids is 2. The van der Waals surface area contributed by atoms with Gasteiger partial charge in [0.1, 0.15) is 0 Å². The highest BCUT2D eigenvalue weighted by molar-refractivity contribution is 7.89. The molecule has 0 aliphatic heterocycles. The molecule has 0 heterocycles. The van der Waals surface area contributed by atoms with Crippen molar-refractivity contribution in [3.8, 4) is 0 Å². The van der Waals surface area contributed by atoms with Crippen molar-refractivity contribution in [1.29, 1.82) is 0 Å². The van der Waals surface area contributed by atoms with Crippen LogP contribution >= 0.6 is 11.6 Å². The van der Waals surface area contributed by atoms with Crippen molar-refractivity contribution in [3.63, 3.8) is 0 Å². The molecule has 0 spiro atoms. The van der Waals surface area contributed by atoms with E-state index >= 15 is 0 Å². The van der Waals surface area contributed by atoms with Crippen LogP contribution in [0.25, 0.3) is 0 Å². The molecule has 4 N–H and O–H groups in total. The number of nitrogens with two attached hydrogens (primary N) is 1. The summed E-state index contributed by atoms with van der Waals surface area (Å²) < 4.78 is 25.8. The largest absolute Gasteiger partial charge is 0.366 e. The number of primary amides is 1. The van der Waals surface area contributed by atoms with Crippen molar-refractivity contribution in [1.82, 2.24) is 4.72 Å². The van der Waals surface area contributed by atoms with Crippen molar-refractivity contribution >= 4 is 39.1 Å². The maximum absolute atomic E-state index is 12.4. The summed E-state index contributed by atoms with van der Waals surface area (Å²) in [5.41, 5.74) is 5.53. The quantitative estimate of drug-likeness (QED) is 0.743. The van der Waals surface area contributed by atoms with E-state index in [0.29, 0.717) is 0 Å². The average molecular weight is 368 g/mol. The number of hydrogen-bond acceptors (Lipinski definition) is 4. The number of rotatable bonds is 5. The summed E-state index contributed by atoms with van der Waals surface area (Å²) in [6, 6.07) is 9.91. The van der Waals surface area contributed by atoms with Gasteiger partial charge in [-0.2, -0.15) is 0 Å². The lowest BCUT2D eigenvalue weighted by Gasteiger charge is -2.11. The van der Waals surface area contributed by atoms with Gasteiger partial charge in [0.25, 0.3) is 11.8 Å². The first-order valence-corrected chi connectivity index (χ1v) is 8.55. The molecule has 0 radical (unpaired) electrons. The van der Waals surface area contributed by atoms with Crippen LogP contribution < -0.4 is 15.8 Å². The van der Waals surface area contributed by atoms with Crippen LogP contribution in [0.1, 0.15) is 20.7 Å². The number of anilines is 1. The van der Waals surface area contributed by atoms with Gasteiger partial charge in [0, 0.05) is 0 Å². The molecule has 2 aromatic carbocycles. The number of sulfonamides is 1. The summed E-state index contributed by atoms with van der Waals surface area (Å²) in [7, 11) is -2.47. The SMILES string of the molecule is CNS(=O)(=O)c1ccc(Cl)c(C(=O)Nc2ccccc2C(N)=O)c1. The number of benzene rings is 2. The van der Waals surface area contributed by atoms with E-state index in [-0.39, 0.29) is 26.7 Å². The molecule has 0 unspecified atom stereocenters. The van der Waals surface area contributed by atoms with Gasteiger partial charge >= 0.3 is 0 Å². The van der Waals surface area contributed by atoms with Crippen LogP contribution in [-0.4, -0.2) is 27.3 Å². The molecule has 0 aromatic heterocycles. The Labute approximate surface area is 143 Å². The zero-order chi connectivity index (χ0) is 17.9. The predicted molar refractivity (Wildman–Crippen MR) is 90.6 cm³/mol. The maximum Gasteiger partial charge on any atom is 0.257 e. The zero-order valence-electron chi connectivity index (χ0n) is 12.5. The van der Waals surface area contributed by atoms with Gasteiger partial charge in [0.2, 0.25) is 10.0 Å². The average Bonchev–Trinajstić information content (AvgIpc) is 2.55. The third-order valence-electron chi connectivity index (χ3n) is 3.20. The third-order valence-corrected chi connectivity index (χ3v) is 4.94. The summed E-state index contributed by atoms with van der Waals surface area (Å²) >= 11 is 5.99. The standard InChI is InChI=1S/C15H14ClN3O4S/c1-18-24(22,23)9-6-7-12(16)11(8-9)15(21)19-13-5-3-2-4-10(13)14(17)20/h2-8,18H,1H3,(H2,17,20)(H,19,21). The zero-order valence-corrected chi connectivity index (χ0v) is 14.1. The normalized spacial score (nSPS) is 11.1. The molecule has 9 heteroatoms. The number of amides is 2. The molecule has 2 aromatic rings. The lowest BCUT2D eigenvalue weighted by Crippen LogP contribution is -2.21. The molecule has 0 aliphatic carbocycles. The Morgan fingerprint density at radius 2 is 1.75 bits per heavy atom. The number of carbonyl (C=O) groups is 2. The lowest BCUT2D eigenvalue weighted by molar-refractivity contribution is 0.100. The second-order valence-electron chi connectivity index (χ2n) is 4.71. The van der Waals surface area contributed by atoms with Gasteiger partial charge in [0.15, 0.2) is 0 Å². The van der Waals surface area contributed by atoms with E-state index in [0.717, 1.165) is 6.07 Å². The fraction of sp³-hybridized carbons (Fsp3) is 0.0667. The van der Waals surface area contributed by atoms with Crippen LogP contribution in [0.15, 0.2) is 47.4 Å². The van der Waals surface area contributed by atoms with Gasteiger partial charge in [-0.05, 0) is 37.4 Å². The minimum Gasteiger partial charge on any atom is -0.366 e. The Balaban J connectivity index is 2.41. The summed E-state index contributed by atoms with van der Waals surface area (Å²) in [5, 5.41) is 2.57. The molecule has 2 amide bonds. The molecule has 0 fully saturated rings.